The lowest BCUT2D eigenvalue weighted by Gasteiger charge is -2.35. The van der Waals surface area contributed by atoms with Crippen molar-refractivity contribution in [3.05, 3.63) is 101 Å². The summed E-state index contributed by atoms with van der Waals surface area (Å²) in [6.45, 7) is 4.35. The average molecular weight is 497 g/mol. The monoisotopic (exact) mass is 496 g/mol. The van der Waals surface area contributed by atoms with Crippen LogP contribution in [0.2, 0.25) is 0 Å². The molecule has 0 spiro atoms. The first kappa shape index (κ1) is 24.1. The molecule has 1 atom stereocenters. The summed E-state index contributed by atoms with van der Waals surface area (Å²) in [6, 6.07) is 22.5. The summed E-state index contributed by atoms with van der Waals surface area (Å²) in [5.74, 6) is 2.22. The number of urea groups is 1. The van der Waals surface area contributed by atoms with Gasteiger partial charge in [-0.25, -0.2) is 4.79 Å². The third kappa shape index (κ3) is 4.91. The van der Waals surface area contributed by atoms with E-state index in [9.17, 15) is 4.79 Å². The van der Waals surface area contributed by atoms with Crippen LogP contribution >= 0.6 is 0 Å². The van der Waals surface area contributed by atoms with Gasteiger partial charge in [0.15, 0.2) is 0 Å². The highest BCUT2D eigenvalue weighted by atomic mass is 16.5. The van der Waals surface area contributed by atoms with Crippen LogP contribution in [-0.4, -0.2) is 35.3 Å². The van der Waals surface area contributed by atoms with Crippen molar-refractivity contribution in [2.45, 2.75) is 26.4 Å². The number of aryl methyl sites for hydroxylation is 1. The average Bonchev–Trinajstić information content (AvgIpc) is 3.41. The quantitative estimate of drug-likeness (QED) is 0.350. The van der Waals surface area contributed by atoms with Crippen LogP contribution in [0.5, 0.6) is 11.5 Å². The Bertz CT molecular complexity index is 1440. The molecule has 1 unspecified atom stereocenters. The van der Waals surface area contributed by atoms with Gasteiger partial charge in [0.05, 0.1) is 32.4 Å². The van der Waals surface area contributed by atoms with E-state index >= 15 is 0 Å². The minimum absolute atomic E-state index is 0.204. The Morgan fingerprint density at radius 2 is 1.68 bits per heavy atom. The SMILES string of the molecule is COc1ccc(-c2noc(C3=C(C)N(Cc4ccc(C)cc4)C(=O)NC3c3cccc(OC)c3)n2)cc1. The Hall–Kier alpha value is -4.59. The largest absolute Gasteiger partial charge is 0.497 e. The maximum Gasteiger partial charge on any atom is 0.322 e. The van der Waals surface area contributed by atoms with Gasteiger partial charge in [-0.15, -0.1) is 0 Å². The number of rotatable bonds is 7. The number of nitrogens with one attached hydrogen (secondary N) is 1. The molecule has 2 amide bonds. The second-order valence-corrected chi connectivity index (χ2v) is 8.88. The normalized spacial score (nSPS) is 15.5. The number of carbonyl (C=O) groups excluding carboxylic acids is 1. The molecule has 1 aliphatic rings. The molecule has 2 heterocycles. The van der Waals surface area contributed by atoms with E-state index in [2.05, 4.69) is 10.5 Å². The molecular weight excluding hydrogens is 468 g/mol. The number of amides is 2. The highest BCUT2D eigenvalue weighted by Gasteiger charge is 2.36. The van der Waals surface area contributed by atoms with Crippen LogP contribution in [0.1, 0.15) is 35.5 Å². The predicted molar refractivity (Wildman–Crippen MR) is 140 cm³/mol. The van der Waals surface area contributed by atoms with Crippen LogP contribution in [0.25, 0.3) is 17.0 Å². The van der Waals surface area contributed by atoms with Gasteiger partial charge in [-0.1, -0.05) is 47.1 Å². The number of nitrogens with zero attached hydrogens (tertiary/aromatic N) is 3. The zero-order chi connectivity index (χ0) is 25.9. The lowest BCUT2D eigenvalue weighted by molar-refractivity contribution is 0.203. The smallest absolute Gasteiger partial charge is 0.322 e. The standard InChI is InChI=1S/C29H28N4O4/c1-18-8-10-20(11-9-18)17-33-19(2)25(26(30-29(33)34)22-6-5-7-24(16-22)36-4)28-31-27(32-37-28)21-12-14-23(35-3)15-13-21/h5-16,26H,17H2,1-4H3,(H,30,34). The molecule has 0 saturated heterocycles. The van der Waals surface area contributed by atoms with Crippen molar-refractivity contribution in [3.63, 3.8) is 0 Å². The molecule has 8 heteroatoms. The summed E-state index contributed by atoms with van der Waals surface area (Å²) in [5.41, 5.74) is 5.29. The van der Waals surface area contributed by atoms with Crippen molar-refractivity contribution in [1.82, 2.24) is 20.4 Å². The topological polar surface area (TPSA) is 89.7 Å². The van der Waals surface area contributed by atoms with Gasteiger partial charge in [0.2, 0.25) is 5.82 Å². The highest BCUT2D eigenvalue weighted by Crippen LogP contribution is 2.38. The molecule has 4 aromatic rings. The molecule has 188 valence electrons. The summed E-state index contributed by atoms with van der Waals surface area (Å²) in [7, 11) is 3.23. The van der Waals surface area contributed by atoms with Crippen molar-refractivity contribution in [2.24, 2.45) is 0 Å². The Labute approximate surface area is 215 Å². The van der Waals surface area contributed by atoms with E-state index < -0.39 is 6.04 Å². The van der Waals surface area contributed by atoms with Gasteiger partial charge in [0, 0.05) is 11.3 Å². The number of methoxy groups -OCH3 is 2. The van der Waals surface area contributed by atoms with Crippen molar-refractivity contribution < 1.29 is 18.8 Å². The van der Waals surface area contributed by atoms with E-state index in [0.29, 0.717) is 24.0 Å². The third-order valence-electron chi connectivity index (χ3n) is 6.49. The maximum absolute atomic E-state index is 13.3. The first-order valence-corrected chi connectivity index (χ1v) is 11.9. The summed E-state index contributed by atoms with van der Waals surface area (Å²) in [4.78, 5) is 19.8. The minimum atomic E-state index is -0.499. The van der Waals surface area contributed by atoms with Gasteiger partial charge in [-0.05, 0) is 61.4 Å². The van der Waals surface area contributed by atoms with E-state index in [1.54, 1.807) is 19.1 Å². The van der Waals surface area contributed by atoms with Crippen LogP contribution < -0.4 is 14.8 Å². The van der Waals surface area contributed by atoms with Crippen LogP contribution in [-0.2, 0) is 6.54 Å². The fourth-order valence-corrected chi connectivity index (χ4v) is 4.39. The summed E-state index contributed by atoms with van der Waals surface area (Å²) in [5, 5.41) is 7.37. The van der Waals surface area contributed by atoms with Gasteiger partial charge in [0.1, 0.15) is 11.5 Å². The Morgan fingerprint density at radius 1 is 0.946 bits per heavy atom. The molecule has 0 aliphatic carbocycles. The molecule has 1 aromatic heterocycles. The minimum Gasteiger partial charge on any atom is -0.497 e. The zero-order valence-electron chi connectivity index (χ0n) is 21.2. The number of hydrogen-bond acceptors (Lipinski definition) is 6. The Morgan fingerprint density at radius 3 is 2.38 bits per heavy atom. The van der Waals surface area contributed by atoms with Gasteiger partial charge in [-0.3, -0.25) is 4.90 Å². The Balaban J connectivity index is 1.58. The Kier molecular flexibility index (Phi) is 6.64. The molecule has 0 bridgehead atoms. The summed E-state index contributed by atoms with van der Waals surface area (Å²) < 4.78 is 16.5. The number of allylic oxidation sites excluding steroid dienone is 1. The van der Waals surface area contributed by atoms with Gasteiger partial charge in [-0.2, -0.15) is 4.98 Å². The highest BCUT2D eigenvalue weighted by molar-refractivity contribution is 5.87. The molecule has 8 nitrogen and oxygen atoms in total. The number of carbonyl (C=O) groups is 1. The van der Waals surface area contributed by atoms with E-state index in [0.717, 1.165) is 39.3 Å². The number of ether oxygens (including phenoxy) is 2. The van der Waals surface area contributed by atoms with E-state index in [1.807, 2.05) is 86.6 Å². The van der Waals surface area contributed by atoms with E-state index in [4.69, 9.17) is 19.0 Å². The molecule has 0 saturated carbocycles. The van der Waals surface area contributed by atoms with Crippen LogP contribution in [0, 0.1) is 6.92 Å². The molecule has 0 fully saturated rings. The number of benzene rings is 3. The van der Waals surface area contributed by atoms with Crippen molar-refractivity contribution in [3.8, 4) is 22.9 Å². The molecule has 5 rings (SSSR count). The second kappa shape index (κ2) is 10.2. The van der Waals surface area contributed by atoms with Gasteiger partial charge < -0.3 is 19.3 Å². The first-order chi connectivity index (χ1) is 18.0. The van der Waals surface area contributed by atoms with Crippen molar-refractivity contribution >= 4 is 11.6 Å². The lowest BCUT2D eigenvalue weighted by Crippen LogP contribution is -2.45. The number of hydrogen-bond donors (Lipinski definition) is 1. The summed E-state index contributed by atoms with van der Waals surface area (Å²) in [6.07, 6.45) is 0. The molecule has 1 N–H and O–H groups in total. The van der Waals surface area contributed by atoms with Crippen LogP contribution in [0.3, 0.4) is 0 Å². The molecule has 1 aliphatic heterocycles. The van der Waals surface area contributed by atoms with E-state index in [1.165, 1.54) is 0 Å². The predicted octanol–water partition coefficient (Wildman–Crippen LogP) is 5.76. The zero-order valence-corrected chi connectivity index (χ0v) is 21.2. The van der Waals surface area contributed by atoms with Crippen molar-refractivity contribution in [2.75, 3.05) is 14.2 Å². The fraction of sp³-hybridized carbons (Fsp3) is 0.207. The first-order valence-electron chi connectivity index (χ1n) is 11.9. The third-order valence-corrected chi connectivity index (χ3v) is 6.49. The molecular formula is C29H28N4O4. The fourth-order valence-electron chi connectivity index (χ4n) is 4.39. The molecule has 3 aromatic carbocycles. The maximum atomic E-state index is 13.3. The molecule has 0 radical (unpaired) electrons. The van der Waals surface area contributed by atoms with Crippen LogP contribution in [0.15, 0.2) is 83.0 Å². The molecule has 37 heavy (non-hydrogen) atoms. The lowest BCUT2D eigenvalue weighted by atomic mass is 9.94. The van der Waals surface area contributed by atoms with Gasteiger partial charge in [0.25, 0.3) is 5.89 Å². The number of aromatic nitrogens is 2. The van der Waals surface area contributed by atoms with Crippen LogP contribution in [0.4, 0.5) is 4.79 Å². The summed E-state index contributed by atoms with van der Waals surface area (Å²) >= 11 is 0. The van der Waals surface area contributed by atoms with E-state index in [-0.39, 0.29) is 6.03 Å². The van der Waals surface area contributed by atoms with Gasteiger partial charge >= 0.3 is 6.03 Å². The van der Waals surface area contributed by atoms with Crippen molar-refractivity contribution in [1.29, 1.82) is 0 Å². The second-order valence-electron chi connectivity index (χ2n) is 8.88.